The van der Waals surface area contributed by atoms with Gasteiger partial charge in [0.2, 0.25) is 11.8 Å². The van der Waals surface area contributed by atoms with Gasteiger partial charge in [-0.3, -0.25) is 14.5 Å². The van der Waals surface area contributed by atoms with Crippen LogP contribution in [0.1, 0.15) is 24.0 Å². The van der Waals surface area contributed by atoms with Crippen LogP contribution in [0.3, 0.4) is 0 Å². The summed E-state index contributed by atoms with van der Waals surface area (Å²) in [6.07, 6.45) is -3.09. The smallest absolute Gasteiger partial charge is 0.358 e. The van der Waals surface area contributed by atoms with Gasteiger partial charge in [-0.1, -0.05) is 48.2 Å². The molecule has 0 saturated carbocycles. The first-order valence-corrected chi connectivity index (χ1v) is 10.6. The summed E-state index contributed by atoms with van der Waals surface area (Å²) in [6.45, 7) is 0.360. The molecule has 0 bridgehead atoms. The number of hydrogen-bond acceptors (Lipinski definition) is 4. The molecule has 0 radical (unpaired) electrons. The van der Waals surface area contributed by atoms with Gasteiger partial charge in [-0.25, -0.2) is 4.99 Å². The van der Waals surface area contributed by atoms with Crippen LogP contribution in [0.15, 0.2) is 59.6 Å². The third-order valence-corrected chi connectivity index (χ3v) is 5.95. The third-order valence-electron chi connectivity index (χ3n) is 4.77. The molecule has 0 spiro atoms. The summed E-state index contributed by atoms with van der Waals surface area (Å²) in [5.74, 6) is -0.592. The summed E-state index contributed by atoms with van der Waals surface area (Å²) in [4.78, 5) is 30.6. The molecule has 2 aromatic carbocycles. The fourth-order valence-corrected chi connectivity index (χ4v) is 4.35. The standard InChI is InChI=1S/C22H22F3N3O2S/c1-26-20(30)18-14-19(29)28(12-6-9-15-7-3-2-4-8-15)21(31-18)27-17-11-5-10-16(13-17)22(23,24)25/h2-5,7-8,10-11,13,18H,6,9,12,14H2,1H3,(H,26,30). The van der Waals surface area contributed by atoms with Crippen LogP contribution in [0, 0.1) is 0 Å². The third kappa shape index (κ3) is 6.10. The Morgan fingerprint density at radius 2 is 1.94 bits per heavy atom. The van der Waals surface area contributed by atoms with E-state index >= 15 is 0 Å². The maximum Gasteiger partial charge on any atom is 0.416 e. The van der Waals surface area contributed by atoms with Crippen LogP contribution in [0.5, 0.6) is 0 Å². The Balaban J connectivity index is 1.84. The van der Waals surface area contributed by atoms with Crippen LogP contribution in [0.25, 0.3) is 0 Å². The highest BCUT2D eigenvalue weighted by Gasteiger charge is 2.35. The molecule has 0 aromatic heterocycles. The molecule has 164 valence electrons. The molecule has 1 aliphatic rings. The fraction of sp³-hybridized carbons (Fsp3) is 0.318. The molecule has 5 nitrogen and oxygen atoms in total. The Morgan fingerprint density at radius 3 is 2.61 bits per heavy atom. The number of halogens is 3. The lowest BCUT2D eigenvalue weighted by atomic mass is 10.1. The van der Waals surface area contributed by atoms with E-state index in [1.807, 2.05) is 30.3 Å². The Hall–Kier alpha value is -2.81. The Kier molecular flexibility index (Phi) is 7.37. The largest absolute Gasteiger partial charge is 0.416 e. The lowest BCUT2D eigenvalue weighted by Crippen LogP contribution is -2.46. The van der Waals surface area contributed by atoms with Gasteiger partial charge in [-0.15, -0.1) is 0 Å². The first-order chi connectivity index (χ1) is 14.8. The Bertz CT molecular complexity index is 964. The topological polar surface area (TPSA) is 61.8 Å². The zero-order valence-corrected chi connectivity index (χ0v) is 17.7. The zero-order valence-electron chi connectivity index (χ0n) is 16.9. The zero-order chi connectivity index (χ0) is 22.4. The number of thioether (sulfide) groups is 1. The van der Waals surface area contributed by atoms with Crippen molar-refractivity contribution in [2.45, 2.75) is 30.7 Å². The Morgan fingerprint density at radius 1 is 1.19 bits per heavy atom. The summed E-state index contributed by atoms with van der Waals surface area (Å²) in [6, 6.07) is 14.4. The fourth-order valence-electron chi connectivity index (χ4n) is 3.17. The van der Waals surface area contributed by atoms with Gasteiger partial charge < -0.3 is 5.32 Å². The average Bonchev–Trinajstić information content (AvgIpc) is 2.75. The second-order valence-corrected chi connectivity index (χ2v) is 8.17. The minimum Gasteiger partial charge on any atom is -0.358 e. The van der Waals surface area contributed by atoms with Crippen molar-refractivity contribution < 1.29 is 22.8 Å². The number of nitrogens with one attached hydrogen (secondary N) is 1. The van der Waals surface area contributed by atoms with E-state index < -0.39 is 17.0 Å². The molecule has 1 saturated heterocycles. The molecule has 2 amide bonds. The van der Waals surface area contributed by atoms with E-state index in [-0.39, 0.29) is 29.1 Å². The van der Waals surface area contributed by atoms with Gasteiger partial charge in [-0.2, -0.15) is 13.2 Å². The van der Waals surface area contributed by atoms with E-state index in [0.29, 0.717) is 13.0 Å². The van der Waals surface area contributed by atoms with E-state index in [1.165, 1.54) is 24.1 Å². The average molecular weight is 449 g/mol. The first-order valence-electron chi connectivity index (χ1n) is 9.76. The summed E-state index contributed by atoms with van der Waals surface area (Å²) in [5, 5.41) is 2.07. The highest BCUT2D eigenvalue weighted by Crippen LogP contribution is 2.33. The van der Waals surface area contributed by atoms with E-state index in [9.17, 15) is 22.8 Å². The number of nitrogens with zero attached hydrogens (tertiary/aromatic N) is 2. The molecular formula is C22H22F3N3O2S. The molecule has 0 aliphatic carbocycles. The normalized spacial score (nSPS) is 18.3. The summed E-state index contributed by atoms with van der Waals surface area (Å²) in [7, 11) is 1.48. The minimum absolute atomic E-state index is 0.0112. The van der Waals surface area contributed by atoms with E-state index in [1.54, 1.807) is 0 Å². The van der Waals surface area contributed by atoms with Gasteiger partial charge in [0.1, 0.15) is 0 Å². The number of carbonyl (C=O) groups excluding carboxylic acids is 2. The van der Waals surface area contributed by atoms with Crippen molar-refractivity contribution in [1.82, 2.24) is 10.2 Å². The number of amides is 2. The summed E-state index contributed by atoms with van der Waals surface area (Å²) in [5.41, 5.74) is 0.384. The maximum absolute atomic E-state index is 13.1. The van der Waals surface area contributed by atoms with Crippen molar-refractivity contribution in [3.8, 4) is 0 Å². The lowest BCUT2D eigenvalue weighted by Gasteiger charge is -2.31. The SMILES string of the molecule is CNC(=O)C1CC(=O)N(CCCc2ccccc2)C(=Nc2cccc(C(F)(F)F)c2)S1. The number of hydrogen-bond donors (Lipinski definition) is 1. The van der Waals surface area contributed by atoms with Crippen LogP contribution in [0.2, 0.25) is 0 Å². The van der Waals surface area contributed by atoms with Crippen LogP contribution in [-0.2, 0) is 22.2 Å². The van der Waals surface area contributed by atoms with Crippen molar-refractivity contribution in [3.63, 3.8) is 0 Å². The van der Waals surface area contributed by atoms with Crippen LogP contribution >= 0.6 is 11.8 Å². The number of rotatable bonds is 6. The molecule has 9 heteroatoms. The van der Waals surface area contributed by atoms with Gasteiger partial charge >= 0.3 is 6.18 Å². The van der Waals surface area contributed by atoms with Crippen LogP contribution < -0.4 is 5.32 Å². The van der Waals surface area contributed by atoms with Crippen molar-refractivity contribution in [2.24, 2.45) is 4.99 Å². The monoisotopic (exact) mass is 449 g/mol. The van der Waals surface area contributed by atoms with Crippen LogP contribution in [0.4, 0.5) is 18.9 Å². The number of amidine groups is 1. The molecule has 31 heavy (non-hydrogen) atoms. The molecule has 1 atom stereocenters. The molecule has 3 rings (SSSR count). The number of carbonyl (C=O) groups is 2. The Labute approximate surface area is 182 Å². The second-order valence-electron chi connectivity index (χ2n) is 7.00. The molecular weight excluding hydrogens is 427 g/mol. The summed E-state index contributed by atoms with van der Waals surface area (Å²) >= 11 is 1.09. The highest BCUT2D eigenvalue weighted by molar-refractivity contribution is 8.15. The number of benzene rings is 2. The van der Waals surface area contributed by atoms with Gasteiger partial charge in [0, 0.05) is 20.0 Å². The number of aliphatic imine (C=N–C) groups is 1. The summed E-state index contributed by atoms with van der Waals surface area (Å²) < 4.78 is 39.2. The number of aryl methyl sites for hydroxylation is 1. The molecule has 1 heterocycles. The highest BCUT2D eigenvalue weighted by atomic mass is 32.2. The van der Waals surface area contributed by atoms with E-state index in [4.69, 9.17) is 0 Å². The van der Waals surface area contributed by atoms with E-state index in [2.05, 4.69) is 10.3 Å². The lowest BCUT2D eigenvalue weighted by molar-refractivity contribution is -0.137. The van der Waals surface area contributed by atoms with Crippen molar-refractivity contribution in [2.75, 3.05) is 13.6 Å². The van der Waals surface area contributed by atoms with Gasteiger partial charge in [0.15, 0.2) is 5.17 Å². The number of alkyl halides is 3. The van der Waals surface area contributed by atoms with Crippen LogP contribution in [-0.4, -0.2) is 40.7 Å². The van der Waals surface area contributed by atoms with E-state index in [0.717, 1.165) is 35.9 Å². The van der Waals surface area contributed by atoms with Crippen molar-refractivity contribution in [3.05, 3.63) is 65.7 Å². The predicted octanol–water partition coefficient (Wildman–Crippen LogP) is 4.41. The van der Waals surface area contributed by atoms with Gasteiger partial charge in [0.25, 0.3) is 0 Å². The van der Waals surface area contributed by atoms with Crippen molar-refractivity contribution >= 4 is 34.4 Å². The molecule has 1 N–H and O–H groups in total. The molecule has 2 aromatic rings. The predicted molar refractivity (Wildman–Crippen MR) is 115 cm³/mol. The molecule has 1 fully saturated rings. The van der Waals surface area contributed by atoms with Crippen molar-refractivity contribution in [1.29, 1.82) is 0 Å². The molecule has 1 aliphatic heterocycles. The molecule has 1 unspecified atom stereocenters. The first kappa shape index (κ1) is 22.9. The van der Waals surface area contributed by atoms with Gasteiger partial charge in [0.05, 0.1) is 16.5 Å². The van der Waals surface area contributed by atoms with Gasteiger partial charge in [-0.05, 0) is 36.6 Å². The maximum atomic E-state index is 13.1. The minimum atomic E-state index is -4.49. The quantitative estimate of drug-likeness (QED) is 0.711. The second kappa shape index (κ2) is 10.00.